The number of aromatic nitrogens is 2. The number of nitrogens with one attached hydrogen (secondary N) is 1. The standard InChI is InChI=1S/C21H20ClN3O5S/c1-29-10-9-25-19(27)16-8-5-14(22)11-17(16)24-21(25)31-12-18(26)23-15-6-3-13(4-7-15)20(28)30-2/h3-8,11H,9-10,12H2,1-2H3,(H,23,26). The molecule has 8 nitrogen and oxygen atoms in total. The van der Waals surface area contributed by atoms with Crippen LogP contribution in [0.15, 0.2) is 52.4 Å². The second kappa shape index (κ2) is 10.4. The largest absolute Gasteiger partial charge is 0.465 e. The summed E-state index contributed by atoms with van der Waals surface area (Å²) in [5.74, 6) is -0.705. The van der Waals surface area contributed by atoms with E-state index < -0.39 is 5.97 Å². The van der Waals surface area contributed by atoms with E-state index in [1.165, 1.54) is 11.7 Å². The molecule has 3 rings (SSSR count). The van der Waals surface area contributed by atoms with E-state index in [-0.39, 0.29) is 17.2 Å². The average molecular weight is 462 g/mol. The van der Waals surface area contributed by atoms with Crippen LogP contribution in [0.25, 0.3) is 10.9 Å². The van der Waals surface area contributed by atoms with Gasteiger partial charge < -0.3 is 14.8 Å². The Morgan fingerprint density at radius 1 is 1.16 bits per heavy atom. The van der Waals surface area contributed by atoms with Crippen LogP contribution in [0.4, 0.5) is 5.69 Å². The number of carbonyl (C=O) groups is 2. The van der Waals surface area contributed by atoms with Gasteiger partial charge in [-0.15, -0.1) is 0 Å². The zero-order valence-corrected chi connectivity index (χ0v) is 18.5. The molecule has 0 saturated carbocycles. The van der Waals surface area contributed by atoms with Gasteiger partial charge in [0.1, 0.15) is 0 Å². The fraction of sp³-hybridized carbons (Fsp3) is 0.238. The summed E-state index contributed by atoms with van der Waals surface area (Å²) < 4.78 is 11.2. The molecule has 0 radical (unpaired) electrons. The molecule has 0 aliphatic rings. The maximum atomic E-state index is 12.9. The van der Waals surface area contributed by atoms with Crippen molar-refractivity contribution in [2.45, 2.75) is 11.7 Å². The van der Waals surface area contributed by atoms with E-state index in [0.29, 0.717) is 45.5 Å². The van der Waals surface area contributed by atoms with Gasteiger partial charge in [0.05, 0.1) is 42.5 Å². The first-order valence-electron chi connectivity index (χ1n) is 9.23. The second-order valence-electron chi connectivity index (χ2n) is 6.41. The van der Waals surface area contributed by atoms with E-state index >= 15 is 0 Å². The molecular formula is C21H20ClN3O5S. The maximum absolute atomic E-state index is 12.9. The number of ether oxygens (including phenoxy) is 2. The number of hydrogen-bond donors (Lipinski definition) is 1. The molecule has 0 aliphatic carbocycles. The molecule has 10 heteroatoms. The van der Waals surface area contributed by atoms with E-state index in [9.17, 15) is 14.4 Å². The number of anilines is 1. The van der Waals surface area contributed by atoms with E-state index in [1.807, 2.05) is 0 Å². The molecule has 0 spiro atoms. The molecule has 162 valence electrons. The number of fused-ring (bicyclic) bond motifs is 1. The molecule has 0 saturated heterocycles. The first-order chi connectivity index (χ1) is 14.9. The highest BCUT2D eigenvalue weighted by atomic mass is 35.5. The first-order valence-corrected chi connectivity index (χ1v) is 10.6. The van der Waals surface area contributed by atoms with Crippen LogP contribution in [0.2, 0.25) is 5.02 Å². The highest BCUT2D eigenvalue weighted by molar-refractivity contribution is 7.99. The Balaban J connectivity index is 1.76. The Bertz CT molecular complexity index is 1160. The van der Waals surface area contributed by atoms with Crippen LogP contribution in [0.3, 0.4) is 0 Å². The van der Waals surface area contributed by atoms with E-state index in [0.717, 1.165) is 11.8 Å². The second-order valence-corrected chi connectivity index (χ2v) is 7.79. The molecule has 3 aromatic rings. The lowest BCUT2D eigenvalue weighted by Crippen LogP contribution is -2.26. The number of amides is 1. The molecule has 1 aromatic heterocycles. The lowest BCUT2D eigenvalue weighted by atomic mass is 10.2. The Labute approximate surface area is 187 Å². The summed E-state index contributed by atoms with van der Waals surface area (Å²) in [5, 5.41) is 4.06. The number of halogens is 1. The minimum Gasteiger partial charge on any atom is -0.465 e. The number of rotatable bonds is 8. The van der Waals surface area contributed by atoms with Gasteiger partial charge in [-0.25, -0.2) is 9.78 Å². The number of carbonyl (C=O) groups excluding carboxylic acids is 2. The molecule has 1 amide bonds. The quantitative estimate of drug-likeness (QED) is 0.312. The van der Waals surface area contributed by atoms with Gasteiger partial charge in [0.15, 0.2) is 5.16 Å². The van der Waals surface area contributed by atoms with Gasteiger partial charge in [-0.2, -0.15) is 0 Å². The molecule has 0 atom stereocenters. The zero-order valence-electron chi connectivity index (χ0n) is 16.9. The fourth-order valence-electron chi connectivity index (χ4n) is 2.80. The van der Waals surface area contributed by atoms with E-state index in [2.05, 4.69) is 15.0 Å². The van der Waals surface area contributed by atoms with Crippen LogP contribution in [-0.4, -0.2) is 48.0 Å². The van der Waals surface area contributed by atoms with Crippen molar-refractivity contribution in [2.24, 2.45) is 0 Å². The summed E-state index contributed by atoms with van der Waals surface area (Å²) in [6, 6.07) is 11.2. The van der Waals surface area contributed by atoms with Gasteiger partial charge >= 0.3 is 5.97 Å². The normalized spacial score (nSPS) is 10.8. The number of thioether (sulfide) groups is 1. The van der Waals surface area contributed by atoms with Crippen molar-refractivity contribution in [3.05, 3.63) is 63.4 Å². The average Bonchev–Trinajstić information content (AvgIpc) is 2.77. The Hall–Kier alpha value is -2.88. The molecule has 31 heavy (non-hydrogen) atoms. The summed E-state index contributed by atoms with van der Waals surface area (Å²) in [5.41, 5.74) is 1.16. The third-order valence-corrected chi connectivity index (χ3v) is 5.53. The smallest absolute Gasteiger partial charge is 0.337 e. The molecule has 0 aliphatic heterocycles. The summed E-state index contributed by atoms with van der Waals surface area (Å²) >= 11 is 7.17. The first kappa shape index (κ1) is 22.8. The van der Waals surface area contributed by atoms with Crippen LogP contribution in [0.1, 0.15) is 10.4 Å². The molecule has 0 bridgehead atoms. The predicted octanol–water partition coefficient (Wildman–Crippen LogP) is 3.21. The monoisotopic (exact) mass is 461 g/mol. The molecule has 1 heterocycles. The molecule has 2 aromatic carbocycles. The number of nitrogens with zero attached hydrogens (tertiary/aromatic N) is 2. The Morgan fingerprint density at radius 2 is 1.90 bits per heavy atom. The number of esters is 1. The summed E-state index contributed by atoms with van der Waals surface area (Å²) in [4.78, 5) is 41.3. The highest BCUT2D eigenvalue weighted by Crippen LogP contribution is 2.21. The fourth-order valence-corrected chi connectivity index (χ4v) is 3.79. The van der Waals surface area contributed by atoms with Crippen molar-refractivity contribution in [1.82, 2.24) is 9.55 Å². The summed E-state index contributed by atoms with van der Waals surface area (Å²) in [6.45, 7) is 0.632. The van der Waals surface area contributed by atoms with Gasteiger partial charge in [0.2, 0.25) is 5.91 Å². The molecule has 0 fully saturated rings. The van der Waals surface area contributed by atoms with Crippen LogP contribution >= 0.6 is 23.4 Å². The Kier molecular flexibility index (Phi) is 7.67. The zero-order chi connectivity index (χ0) is 22.4. The molecular weight excluding hydrogens is 442 g/mol. The van der Waals surface area contributed by atoms with Crippen molar-refractivity contribution in [3.63, 3.8) is 0 Å². The van der Waals surface area contributed by atoms with Crippen molar-refractivity contribution in [2.75, 3.05) is 31.9 Å². The predicted molar refractivity (Wildman–Crippen MR) is 120 cm³/mol. The van der Waals surface area contributed by atoms with Gasteiger partial charge in [0.25, 0.3) is 5.56 Å². The SMILES string of the molecule is COCCn1c(SCC(=O)Nc2ccc(C(=O)OC)cc2)nc2cc(Cl)ccc2c1=O. The van der Waals surface area contributed by atoms with Crippen LogP contribution in [0, 0.1) is 0 Å². The van der Waals surface area contributed by atoms with Gasteiger partial charge in [-0.3, -0.25) is 14.2 Å². The van der Waals surface area contributed by atoms with Crippen molar-refractivity contribution < 1.29 is 19.1 Å². The third-order valence-electron chi connectivity index (χ3n) is 4.32. The number of methoxy groups -OCH3 is 2. The summed E-state index contributed by atoms with van der Waals surface area (Å²) in [6.07, 6.45) is 0. The van der Waals surface area contributed by atoms with Gasteiger partial charge in [-0.1, -0.05) is 23.4 Å². The highest BCUT2D eigenvalue weighted by Gasteiger charge is 2.14. The van der Waals surface area contributed by atoms with Crippen LogP contribution < -0.4 is 10.9 Å². The van der Waals surface area contributed by atoms with Gasteiger partial charge in [0, 0.05) is 17.8 Å². The number of benzene rings is 2. The van der Waals surface area contributed by atoms with Gasteiger partial charge in [-0.05, 0) is 42.5 Å². The maximum Gasteiger partial charge on any atom is 0.337 e. The molecule has 1 N–H and O–H groups in total. The minimum absolute atomic E-state index is 0.0320. The molecule has 0 unspecified atom stereocenters. The topological polar surface area (TPSA) is 99.5 Å². The summed E-state index contributed by atoms with van der Waals surface area (Å²) in [7, 11) is 2.85. The minimum atomic E-state index is -0.454. The van der Waals surface area contributed by atoms with Crippen LogP contribution in [0.5, 0.6) is 0 Å². The van der Waals surface area contributed by atoms with E-state index in [1.54, 1.807) is 49.6 Å². The van der Waals surface area contributed by atoms with Crippen molar-refractivity contribution in [3.8, 4) is 0 Å². The van der Waals surface area contributed by atoms with E-state index in [4.69, 9.17) is 16.3 Å². The van der Waals surface area contributed by atoms with Crippen molar-refractivity contribution in [1.29, 1.82) is 0 Å². The lowest BCUT2D eigenvalue weighted by molar-refractivity contribution is -0.113. The van der Waals surface area contributed by atoms with Crippen molar-refractivity contribution >= 4 is 51.8 Å². The van der Waals surface area contributed by atoms with Crippen LogP contribution in [-0.2, 0) is 20.8 Å². The lowest BCUT2D eigenvalue weighted by Gasteiger charge is -2.13. The Morgan fingerprint density at radius 3 is 2.58 bits per heavy atom. The third kappa shape index (κ3) is 5.63. The number of hydrogen-bond acceptors (Lipinski definition) is 7.